The molecule has 0 saturated carbocycles. The van der Waals surface area contributed by atoms with Gasteiger partial charge in [-0.25, -0.2) is 4.98 Å². The fourth-order valence-corrected chi connectivity index (χ4v) is 3.33. The second kappa shape index (κ2) is 5.87. The monoisotopic (exact) mass is 340 g/mol. The van der Waals surface area contributed by atoms with Crippen molar-refractivity contribution in [2.24, 2.45) is 0 Å². The van der Waals surface area contributed by atoms with Crippen LogP contribution in [0.2, 0.25) is 0 Å². The summed E-state index contributed by atoms with van der Waals surface area (Å²) in [7, 11) is 0. The topological polar surface area (TPSA) is 49.4 Å². The largest absolute Gasteiger partial charge is 0.380 e. The van der Waals surface area contributed by atoms with Gasteiger partial charge in [0.25, 0.3) is 0 Å². The molecule has 0 radical (unpaired) electrons. The Morgan fingerprint density at radius 2 is 1.95 bits per heavy atom. The van der Waals surface area contributed by atoms with Gasteiger partial charge in [0.2, 0.25) is 0 Å². The van der Waals surface area contributed by atoms with Crippen LogP contribution in [0.1, 0.15) is 13.8 Å². The molecule has 0 aromatic carbocycles. The summed E-state index contributed by atoms with van der Waals surface area (Å²) in [6.45, 7) is 8.12. The molecule has 0 amide bonds. The van der Waals surface area contributed by atoms with E-state index >= 15 is 0 Å². The molecule has 3 heterocycles. The fourth-order valence-electron chi connectivity index (χ4n) is 3.00. The molecule has 1 saturated heterocycles. The number of ether oxygens (including phenoxy) is 1. The molecule has 5 nitrogen and oxygen atoms in total. The molecule has 1 fully saturated rings. The van der Waals surface area contributed by atoms with Crippen LogP contribution >= 0.6 is 15.9 Å². The molecule has 0 aliphatic carbocycles. The van der Waals surface area contributed by atoms with Gasteiger partial charge in [-0.1, -0.05) is 0 Å². The number of aromatic nitrogens is 1. The normalized spacial score (nSPS) is 30.9. The molecule has 3 rings (SSSR count). The van der Waals surface area contributed by atoms with Crippen LogP contribution in [0.4, 0.5) is 11.5 Å². The van der Waals surface area contributed by atoms with Crippen LogP contribution in [0, 0.1) is 0 Å². The van der Waals surface area contributed by atoms with Crippen LogP contribution in [-0.2, 0) is 4.74 Å². The number of morpholine rings is 1. The molecule has 2 aliphatic rings. The average Bonchev–Trinajstić information content (AvgIpc) is 2.59. The highest BCUT2D eigenvalue weighted by molar-refractivity contribution is 9.10. The number of rotatable bonds is 1. The number of pyridine rings is 1. The summed E-state index contributed by atoms with van der Waals surface area (Å²) in [4.78, 5) is 6.94. The molecule has 20 heavy (non-hydrogen) atoms. The Labute approximate surface area is 128 Å². The van der Waals surface area contributed by atoms with Crippen molar-refractivity contribution >= 4 is 27.4 Å². The molecule has 6 heteroatoms. The number of halogens is 1. The third kappa shape index (κ3) is 3.07. The van der Waals surface area contributed by atoms with E-state index in [-0.39, 0.29) is 0 Å². The maximum Gasteiger partial charge on any atom is 0.149 e. The highest BCUT2D eigenvalue weighted by atomic mass is 79.9. The zero-order valence-corrected chi connectivity index (χ0v) is 13.5. The summed E-state index contributed by atoms with van der Waals surface area (Å²) in [6, 6.07) is 2.53. The first-order chi connectivity index (χ1) is 9.61. The summed E-state index contributed by atoms with van der Waals surface area (Å²) >= 11 is 3.47. The van der Waals surface area contributed by atoms with Crippen LogP contribution in [0.3, 0.4) is 0 Å². The molecule has 1 aromatic heterocycles. The predicted octanol–water partition coefficient (Wildman–Crippen LogP) is 2.16. The van der Waals surface area contributed by atoms with Gasteiger partial charge in [-0.05, 0) is 35.8 Å². The maximum absolute atomic E-state index is 5.81. The van der Waals surface area contributed by atoms with E-state index in [1.54, 1.807) is 0 Å². The highest BCUT2D eigenvalue weighted by Gasteiger charge is 2.29. The summed E-state index contributed by atoms with van der Waals surface area (Å²) in [5, 5.41) is 6.96. The van der Waals surface area contributed by atoms with E-state index in [0.29, 0.717) is 18.2 Å². The lowest BCUT2D eigenvalue weighted by Gasteiger charge is -2.39. The van der Waals surface area contributed by atoms with Crippen molar-refractivity contribution in [3.63, 3.8) is 0 Å². The van der Waals surface area contributed by atoms with Gasteiger partial charge in [-0.15, -0.1) is 0 Å². The van der Waals surface area contributed by atoms with Crippen molar-refractivity contribution in [3.8, 4) is 0 Å². The van der Waals surface area contributed by atoms with Crippen molar-refractivity contribution in [1.29, 1.82) is 0 Å². The second-order valence-electron chi connectivity index (χ2n) is 5.68. The maximum atomic E-state index is 5.81. The number of hydrogen-bond donors (Lipinski definition) is 2. The van der Waals surface area contributed by atoms with Crippen molar-refractivity contribution in [2.45, 2.75) is 32.1 Å². The summed E-state index contributed by atoms with van der Waals surface area (Å²) in [5.41, 5.74) is 1.07. The third-order valence-corrected chi connectivity index (χ3v) is 4.29. The zero-order chi connectivity index (χ0) is 14.1. The van der Waals surface area contributed by atoms with Gasteiger partial charge in [0, 0.05) is 42.9 Å². The Bertz CT molecular complexity index is 474. The van der Waals surface area contributed by atoms with E-state index in [9.17, 15) is 0 Å². The van der Waals surface area contributed by atoms with E-state index in [0.717, 1.165) is 42.2 Å². The minimum atomic E-state index is 0.302. The molecule has 2 N–H and O–H groups in total. The SMILES string of the molecule is C[C@@H]1CN(C2CNc3cc(Br)cnc3NC2)C[C@H](C)O1. The molecule has 3 atom stereocenters. The molecular formula is C14H21BrN4O. The van der Waals surface area contributed by atoms with Gasteiger partial charge < -0.3 is 15.4 Å². The molecule has 2 aliphatic heterocycles. The quantitative estimate of drug-likeness (QED) is 0.820. The Kier molecular flexibility index (Phi) is 4.14. The number of fused-ring (bicyclic) bond motifs is 1. The lowest BCUT2D eigenvalue weighted by atomic mass is 10.1. The van der Waals surface area contributed by atoms with E-state index in [2.05, 4.69) is 56.4 Å². The fraction of sp³-hybridized carbons (Fsp3) is 0.643. The van der Waals surface area contributed by atoms with E-state index in [1.807, 2.05) is 6.20 Å². The van der Waals surface area contributed by atoms with Crippen molar-refractivity contribution in [2.75, 3.05) is 36.8 Å². The first-order valence-electron chi connectivity index (χ1n) is 7.14. The smallest absolute Gasteiger partial charge is 0.149 e. The molecule has 1 aromatic rings. The van der Waals surface area contributed by atoms with Gasteiger partial charge in [-0.3, -0.25) is 4.90 Å². The molecule has 0 spiro atoms. The van der Waals surface area contributed by atoms with Gasteiger partial charge in [0.1, 0.15) is 5.82 Å². The summed E-state index contributed by atoms with van der Waals surface area (Å²) in [6.07, 6.45) is 2.43. The highest BCUT2D eigenvalue weighted by Crippen LogP contribution is 2.26. The lowest BCUT2D eigenvalue weighted by Crippen LogP contribution is -2.53. The third-order valence-electron chi connectivity index (χ3n) is 3.85. The van der Waals surface area contributed by atoms with Crippen molar-refractivity contribution in [3.05, 3.63) is 16.7 Å². The molecular weight excluding hydrogens is 320 g/mol. The standard InChI is InChI=1S/C14H21BrN4O/c1-9-7-19(8-10(2)20-9)12-5-16-13-3-11(15)4-17-14(13)18-6-12/h3-4,9-10,12,16H,5-8H2,1-2H3,(H,17,18)/t9-,10+,12?. The lowest BCUT2D eigenvalue weighted by molar-refractivity contribution is -0.0774. The predicted molar refractivity (Wildman–Crippen MR) is 84.3 cm³/mol. The van der Waals surface area contributed by atoms with Crippen molar-refractivity contribution in [1.82, 2.24) is 9.88 Å². The average molecular weight is 341 g/mol. The van der Waals surface area contributed by atoms with Crippen molar-refractivity contribution < 1.29 is 4.74 Å². The zero-order valence-electron chi connectivity index (χ0n) is 11.9. The molecule has 0 bridgehead atoms. The van der Waals surface area contributed by atoms with Crippen LogP contribution < -0.4 is 10.6 Å². The van der Waals surface area contributed by atoms with Crippen LogP contribution in [0.15, 0.2) is 16.7 Å². The van der Waals surface area contributed by atoms with Gasteiger partial charge >= 0.3 is 0 Å². The summed E-state index contributed by atoms with van der Waals surface area (Å²) in [5.74, 6) is 0.935. The Morgan fingerprint density at radius 3 is 2.70 bits per heavy atom. The van der Waals surface area contributed by atoms with Gasteiger partial charge in [-0.2, -0.15) is 0 Å². The second-order valence-corrected chi connectivity index (χ2v) is 6.59. The van der Waals surface area contributed by atoms with Gasteiger partial charge in [0.15, 0.2) is 0 Å². The first-order valence-corrected chi connectivity index (χ1v) is 7.94. The van der Waals surface area contributed by atoms with Crippen LogP contribution in [0.5, 0.6) is 0 Å². The Morgan fingerprint density at radius 1 is 1.25 bits per heavy atom. The molecule has 1 unspecified atom stereocenters. The minimum absolute atomic E-state index is 0.302. The summed E-state index contributed by atoms with van der Waals surface area (Å²) < 4.78 is 6.81. The minimum Gasteiger partial charge on any atom is -0.380 e. The number of hydrogen-bond acceptors (Lipinski definition) is 5. The molecule has 110 valence electrons. The first kappa shape index (κ1) is 14.1. The number of nitrogens with zero attached hydrogens (tertiary/aromatic N) is 2. The Balaban J connectivity index is 1.69. The van der Waals surface area contributed by atoms with Crippen LogP contribution in [0.25, 0.3) is 0 Å². The van der Waals surface area contributed by atoms with E-state index < -0.39 is 0 Å². The van der Waals surface area contributed by atoms with E-state index in [1.165, 1.54) is 0 Å². The number of nitrogens with one attached hydrogen (secondary N) is 2. The Hall–Kier alpha value is -0.850. The van der Waals surface area contributed by atoms with E-state index in [4.69, 9.17) is 4.74 Å². The van der Waals surface area contributed by atoms with Crippen LogP contribution in [-0.4, -0.2) is 54.3 Å². The number of anilines is 2. The van der Waals surface area contributed by atoms with Gasteiger partial charge in [0.05, 0.1) is 17.9 Å².